The zero-order valence-corrected chi connectivity index (χ0v) is 89.8. The summed E-state index contributed by atoms with van der Waals surface area (Å²) >= 11 is 0. The molecule has 0 saturated carbocycles. The van der Waals surface area contributed by atoms with Crippen LogP contribution in [0.15, 0.2) is 0 Å². The van der Waals surface area contributed by atoms with Gasteiger partial charge in [0.05, 0.1) is 0 Å². The summed E-state index contributed by atoms with van der Waals surface area (Å²) in [5, 5.41) is 0. The molecule has 0 unspecified atom stereocenters. The Labute approximate surface area is 707 Å². The second-order valence-electron chi connectivity index (χ2n) is 34.6. The van der Waals surface area contributed by atoms with Crippen molar-refractivity contribution in [1.29, 1.82) is 0 Å². The average Bonchev–Trinajstić information content (AvgIpc) is 3.74. The summed E-state index contributed by atoms with van der Waals surface area (Å²) in [7, 11) is 0. The van der Waals surface area contributed by atoms with Gasteiger partial charge in [-0.2, -0.15) is 0 Å². The van der Waals surface area contributed by atoms with Gasteiger partial charge in [0.15, 0.2) is 0 Å². The van der Waals surface area contributed by atoms with Gasteiger partial charge in [-0.05, 0) is 107 Å². The summed E-state index contributed by atoms with van der Waals surface area (Å²) in [6, 6.07) is 0. The van der Waals surface area contributed by atoms with Gasteiger partial charge < -0.3 is 0 Å². The van der Waals surface area contributed by atoms with E-state index in [1.165, 1.54) is 231 Å². The molecule has 0 aromatic rings. The average molecular weight is 1550 g/mol. The van der Waals surface area contributed by atoms with Crippen LogP contribution in [-0.4, -0.2) is 0 Å². The van der Waals surface area contributed by atoms with Crippen LogP contribution in [-0.2, 0) is 0 Å². The first-order valence-electron chi connectivity index (χ1n) is 50.5. The zero-order valence-electron chi connectivity index (χ0n) is 89.8. The molecule has 0 heterocycles. The van der Waals surface area contributed by atoms with E-state index in [4.69, 9.17) is 0 Å². The normalized spacial score (nSPS) is 10.0. The first kappa shape index (κ1) is 153. The fraction of sp³-hybridized carbons (Fsp3) is 1.00. The van der Waals surface area contributed by atoms with Gasteiger partial charge in [0.2, 0.25) is 0 Å². The topological polar surface area (TPSA) is 0 Å². The Kier molecular flexibility index (Phi) is 210. The van der Waals surface area contributed by atoms with E-state index < -0.39 is 0 Å². The SMILES string of the molecule is CCC(C)CC.CCC(C)CC.CCC(C)CC.CCC(C)CC.CCC(C)CC.CCC(C)CC.CCC(C)CC.CCC(C)CC.CCC(C)CC.CCC(C)CC.CCC(C)CC.CCC(C)CC.CCC(C)CC.CCC(C)CC.CCC(C)CC.CCC(C)CC.CCC(C)CC.CCC(C)CC. The lowest BCUT2D eigenvalue weighted by atomic mass is 10.1. The minimum Gasteiger partial charge on any atom is -0.0651 e. The van der Waals surface area contributed by atoms with E-state index in [2.05, 4.69) is 374 Å². The van der Waals surface area contributed by atoms with Crippen LogP contribution in [0.2, 0.25) is 0 Å². The summed E-state index contributed by atoms with van der Waals surface area (Å²) in [6.07, 6.45) is 47.9. The molecular weight excluding hydrogens is 1300 g/mol. The maximum absolute atomic E-state index is 2.28. The minimum atomic E-state index is 0.935. The van der Waals surface area contributed by atoms with E-state index in [-0.39, 0.29) is 0 Å². The first-order valence-corrected chi connectivity index (χ1v) is 50.5. The molecule has 0 atom stereocenters. The van der Waals surface area contributed by atoms with E-state index in [0.29, 0.717) is 0 Å². The van der Waals surface area contributed by atoms with Crippen LogP contribution in [0.5, 0.6) is 0 Å². The standard InChI is InChI=1S/18C6H14/c18*1-4-6(3)5-2/h18*6H,4-5H2,1-3H3. The fourth-order valence-corrected chi connectivity index (χ4v) is 5.20. The predicted molar refractivity (Wildman–Crippen MR) is 535 cm³/mol. The third-order valence-corrected chi connectivity index (χ3v) is 25.1. The molecule has 0 amide bonds. The van der Waals surface area contributed by atoms with E-state index >= 15 is 0 Å². The van der Waals surface area contributed by atoms with Gasteiger partial charge in [0, 0.05) is 0 Å². The molecule has 0 bridgehead atoms. The van der Waals surface area contributed by atoms with Crippen molar-refractivity contribution < 1.29 is 0 Å². The van der Waals surface area contributed by atoms with Crippen LogP contribution in [0.3, 0.4) is 0 Å². The lowest BCUT2D eigenvalue weighted by Crippen LogP contribution is -1.85. The van der Waals surface area contributed by atoms with Gasteiger partial charge in [0.25, 0.3) is 0 Å². The third kappa shape index (κ3) is 225. The van der Waals surface area contributed by atoms with E-state index in [0.717, 1.165) is 107 Å². The Morgan fingerprint density at radius 3 is 0.0833 bits per heavy atom. The molecule has 108 heavy (non-hydrogen) atoms. The van der Waals surface area contributed by atoms with Gasteiger partial charge in [-0.3, -0.25) is 0 Å². The molecule has 0 fully saturated rings. The van der Waals surface area contributed by atoms with Gasteiger partial charge in [-0.25, -0.2) is 0 Å². The van der Waals surface area contributed by atoms with Crippen LogP contribution in [0.1, 0.15) is 605 Å². The third-order valence-electron chi connectivity index (χ3n) is 25.1. The van der Waals surface area contributed by atoms with E-state index in [1.54, 1.807) is 0 Å². The highest BCUT2D eigenvalue weighted by Gasteiger charge is 1.97. The lowest BCUT2D eigenvalue weighted by molar-refractivity contribution is 0.544. The number of rotatable bonds is 36. The van der Waals surface area contributed by atoms with Crippen molar-refractivity contribution >= 4 is 0 Å². The predicted octanol–water partition coefficient (Wildman–Crippen LogP) is 44.0. The Hall–Kier alpha value is 0. The van der Waals surface area contributed by atoms with Crippen molar-refractivity contribution in [2.24, 2.45) is 107 Å². The van der Waals surface area contributed by atoms with Gasteiger partial charge in [-0.15, -0.1) is 0 Å². The molecule has 0 spiro atoms. The van der Waals surface area contributed by atoms with Crippen molar-refractivity contribution in [2.45, 2.75) is 605 Å². The maximum Gasteiger partial charge on any atom is -0.0448 e. The van der Waals surface area contributed by atoms with Crippen molar-refractivity contribution in [1.82, 2.24) is 0 Å². The van der Waals surface area contributed by atoms with Crippen molar-refractivity contribution in [3.8, 4) is 0 Å². The van der Waals surface area contributed by atoms with E-state index in [9.17, 15) is 0 Å². The summed E-state index contributed by atoms with van der Waals surface area (Å²) in [5.41, 5.74) is 0. The zero-order chi connectivity index (χ0) is 89.8. The molecule has 0 aliphatic heterocycles. The molecule has 0 rings (SSSR count). The highest BCUT2D eigenvalue weighted by molar-refractivity contribution is 4.50. The van der Waals surface area contributed by atoms with Crippen LogP contribution < -0.4 is 0 Å². The Bertz CT molecular complexity index is 721. The monoisotopic (exact) mass is 1550 g/mol. The molecule has 0 saturated heterocycles. The molecule has 0 N–H and O–H groups in total. The fourth-order valence-electron chi connectivity index (χ4n) is 5.20. The molecule has 0 aliphatic carbocycles. The van der Waals surface area contributed by atoms with Crippen LogP contribution in [0.4, 0.5) is 0 Å². The smallest absolute Gasteiger partial charge is 0.0448 e. The van der Waals surface area contributed by atoms with Gasteiger partial charge >= 0.3 is 0 Å². The quantitative estimate of drug-likeness (QED) is 0.0587. The molecule has 0 aromatic heterocycles. The largest absolute Gasteiger partial charge is 0.0651 e. The second-order valence-corrected chi connectivity index (χ2v) is 34.6. The van der Waals surface area contributed by atoms with Crippen LogP contribution in [0, 0.1) is 107 Å². The summed E-state index contributed by atoms with van der Waals surface area (Å²) in [6.45, 7) is 121. The van der Waals surface area contributed by atoms with E-state index in [1.807, 2.05) is 0 Å². The Morgan fingerprint density at radius 1 is 0.0648 bits per heavy atom. The summed E-state index contributed by atoms with van der Waals surface area (Å²) < 4.78 is 0. The molecule has 0 heteroatoms. The van der Waals surface area contributed by atoms with Crippen LogP contribution in [0.25, 0.3) is 0 Å². The maximum atomic E-state index is 2.28. The molecular formula is C108H252. The number of hydrogen-bond donors (Lipinski definition) is 0. The Balaban J connectivity index is -0.0000000496. The van der Waals surface area contributed by atoms with Crippen molar-refractivity contribution in [2.75, 3.05) is 0 Å². The lowest BCUT2D eigenvalue weighted by Gasteiger charge is -1.98. The molecule has 0 aliphatic rings. The highest BCUT2D eigenvalue weighted by atomic mass is 14.0. The van der Waals surface area contributed by atoms with Crippen molar-refractivity contribution in [3.05, 3.63) is 0 Å². The van der Waals surface area contributed by atoms with Crippen molar-refractivity contribution in [3.63, 3.8) is 0 Å². The minimum absolute atomic E-state index is 0.935. The molecule has 684 valence electrons. The molecule has 0 aromatic carbocycles. The van der Waals surface area contributed by atoms with Gasteiger partial charge in [-0.1, -0.05) is 605 Å². The first-order chi connectivity index (χ1) is 50.5. The van der Waals surface area contributed by atoms with Crippen LogP contribution >= 0.6 is 0 Å². The second kappa shape index (κ2) is 148. The van der Waals surface area contributed by atoms with Gasteiger partial charge in [0.1, 0.15) is 0 Å². The number of hydrogen-bond acceptors (Lipinski definition) is 0. The molecule has 0 nitrogen and oxygen atoms in total. The Morgan fingerprint density at radius 2 is 0.0833 bits per heavy atom. The summed E-state index contributed by atoms with van der Waals surface area (Å²) in [4.78, 5) is 0. The molecule has 0 radical (unpaired) electrons. The highest BCUT2D eigenvalue weighted by Crippen LogP contribution is 2.12. The summed E-state index contributed by atoms with van der Waals surface area (Å²) in [5.74, 6) is 16.8.